The van der Waals surface area contributed by atoms with Crippen LogP contribution < -0.4 is 0 Å². The molecular formula is C6H10F2. The van der Waals surface area contributed by atoms with Crippen molar-refractivity contribution in [2.24, 2.45) is 5.92 Å². The van der Waals surface area contributed by atoms with Crippen LogP contribution in [0.15, 0.2) is 0 Å². The predicted octanol–water partition coefficient (Wildman–Crippen LogP) is 2.44. The van der Waals surface area contributed by atoms with Gasteiger partial charge in [0.2, 0.25) is 0 Å². The standard InChI is InChI=1S/C6H10F2/c1-2-5-3-4-6(5,7)8/h5H,2-4H2,1H3/t5-/m0/s1. The summed E-state index contributed by atoms with van der Waals surface area (Å²) in [6, 6.07) is 0. The highest BCUT2D eigenvalue weighted by Crippen LogP contribution is 2.44. The van der Waals surface area contributed by atoms with Crippen LogP contribution in [0, 0.1) is 5.92 Å². The third-order valence-electron chi connectivity index (χ3n) is 1.92. The molecule has 0 N–H and O–H groups in total. The third kappa shape index (κ3) is 0.721. The first-order valence-electron chi connectivity index (χ1n) is 3.04. The number of halogens is 2. The van der Waals surface area contributed by atoms with Gasteiger partial charge in [0.15, 0.2) is 0 Å². The Hall–Kier alpha value is -0.140. The highest BCUT2D eigenvalue weighted by molar-refractivity contribution is 4.86. The van der Waals surface area contributed by atoms with Gasteiger partial charge in [-0.25, -0.2) is 8.78 Å². The molecule has 0 amide bonds. The lowest BCUT2D eigenvalue weighted by Crippen LogP contribution is -2.37. The SMILES string of the molecule is CC[C@H]1CCC1(F)F. The average molecular weight is 120 g/mol. The molecule has 0 heterocycles. The summed E-state index contributed by atoms with van der Waals surface area (Å²) in [6.45, 7) is 1.82. The van der Waals surface area contributed by atoms with E-state index in [1.807, 2.05) is 6.92 Å². The van der Waals surface area contributed by atoms with Gasteiger partial charge in [-0.1, -0.05) is 6.92 Å². The molecule has 1 fully saturated rings. The van der Waals surface area contributed by atoms with Gasteiger partial charge >= 0.3 is 0 Å². The highest BCUT2D eigenvalue weighted by atomic mass is 19.3. The van der Waals surface area contributed by atoms with Crippen LogP contribution in [0.3, 0.4) is 0 Å². The van der Waals surface area contributed by atoms with E-state index in [0.717, 1.165) is 6.42 Å². The summed E-state index contributed by atoms with van der Waals surface area (Å²) < 4.78 is 24.4. The molecule has 0 spiro atoms. The topological polar surface area (TPSA) is 0 Å². The van der Waals surface area contributed by atoms with E-state index < -0.39 is 5.92 Å². The van der Waals surface area contributed by atoms with Crippen LogP contribution in [-0.4, -0.2) is 5.92 Å². The molecule has 1 aliphatic carbocycles. The molecule has 1 saturated carbocycles. The quantitative estimate of drug-likeness (QED) is 0.498. The summed E-state index contributed by atoms with van der Waals surface area (Å²) in [5.74, 6) is -2.61. The van der Waals surface area contributed by atoms with Crippen molar-refractivity contribution in [3.63, 3.8) is 0 Å². The van der Waals surface area contributed by atoms with Crippen molar-refractivity contribution in [2.75, 3.05) is 0 Å². The molecule has 8 heavy (non-hydrogen) atoms. The van der Waals surface area contributed by atoms with Crippen molar-refractivity contribution in [3.05, 3.63) is 0 Å². The van der Waals surface area contributed by atoms with Gasteiger partial charge < -0.3 is 0 Å². The first-order valence-corrected chi connectivity index (χ1v) is 3.04. The van der Waals surface area contributed by atoms with Crippen molar-refractivity contribution in [3.8, 4) is 0 Å². The summed E-state index contributed by atoms with van der Waals surface area (Å²) in [6.07, 6.45) is 1.47. The van der Waals surface area contributed by atoms with Crippen LogP contribution >= 0.6 is 0 Å². The molecule has 0 aromatic rings. The number of hydrogen-bond donors (Lipinski definition) is 0. The Kier molecular flexibility index (Phi) is 1.25. The van der Waals surface area contributed by atoms with E-state index in [1.54, 1.807) is 0 Å². The second-order valence-corrected chi connectivity index (χ2v) is 2.40. The third-order valence-corrected chi connectivity index (χ3v) is 1.92. The summed E-state index contributed by atoms with van der Waals surface area (Å²) in [5.41, 5.74) is 0. The largest absolute Gasteiger partial charge is 0.250 e. The Labute approximate surface area is 47.9 Å². The van der Waals surface area contributed by atoms with Crippen molar-refractivity contribution >= 4 is 0 Å². The van der Waals surface area contributed by atoms with Crippen LogP contribution in [0.25, 0.3) is 0 Å². The molecule has 0 unspecified atom stereocenters. The van der Waals surface area contributed by atoms with E-state index in [9.17, 15) is 8.78 Å². The lowest BCUT2D eigenvalue weighted by atomic mass is 9.79. The molecule has 0 radical (unpaired) electrons. The van der Waals surface area contributed by atoms with Crippen molar-refractivity contribution in [1.82, 2.24) is 0 Å². The monoisotopic (exact) mass is 120 g/mol. The lowest BCUT2D eigenvalue weighted by molar-refractivity contribution is -0.132. The summed E-state index contributed by atoms with van der Waals surface area (Å²) in [5, 5.41) is 0. The minimum atomic E-state index is -2.31. The Morgan fingerprint density at radius 3 is 2.25 bits per heavy atom. The zero-order valence-corrected chi connectivity index (χ0v) is 4.95. The lowest BCUT2D eigenvalue weighted by Gasteiger charge is -2.35. The van der Waals surface area contributed by atoms with Gasteiger partial charge in [0.25, 0.3) is 5.92 Å². The second kappa shape index (κ2) is 1.67. The van der Waals surface area contributed by atoms with Crippen LogP contribution in [0.4, 0.5) is 8.78 Å². The van der Waals surface area contributed by atoms with E-state index >= 15 is 0 Å². The van der Waals surface area contributed by atoms with Crippen molar-refractivity contribution < 1.29 is 8.78 Å². The zero-order valence-electron chi connectivity index (χ0n) is 4.95. The fourth-order valence-electron chi connectivity index (χ4n) is 1.07. The van der Waals surface area contributed by atoms with E-state index in [0.29, 0.717) is 6.42 Å². The average Bonchev–Trinajstić information content (AvgIpc) is 1.66. The highest BCUT2D eigenvalue weighted by Gasteiger charge is 2.46. The molecule has 0 nitrogen and oxygen atoms in total. The number of rotatable bonds is 1. The molecule has 0 saturated heterocycles. The molecule has 2 heteroatoms. The van der Waals surface area contributed by atoms with Gasteiger partial charge in [0, 0.05) is 12.3 Å². The Balaban J connectivity index is 2.37. The molecule has 0 bridgehead atoms. The van der Waals surface area contributed by atoms with Crippen LogP contribution in [0.1, 0.15) is 26.2 Å². The molecule has 0 aliphatic heterocycles. The van der Waals surface area contributed by atoms with Gasteiger partial charge in [-0.15, -0.1) is 0 Å². The van der Waals surface area contributed by atoms with Crippen LogP contribution in [0.2, 0.25) is 0 Å². The minimum Gasteiger partial charge on any atom is -0.207 e. The number of alkyl halides is 2. The number of hydrogen-bond acceptors (Lipinski definition) is 0. The van der Waals surface area contributed by atoms with Gasteiger partial charge in [-0.05, 0) is 12.8 Å². The van der Waals surface area contributed by atoms with E-state index in [4.69, 9.17) is 0 Å². The fraction of sp³-hybridized carbons (Fsp3) is 1.00. The van der Waals surface area contributed by atoms with E-state index in [-0.39, 0.29) is 12.3 Å². The maximum atomic E-state index is 12.2. The molecule has 0 aromatic carbocycles. The fourth-order valence-corrected chi connectivity index (χ4v) is 1.07. The molecule has 1 rings (SSSR count). The zero-order chi connectivity index (χ0) is 6.20. The summed E-state index contributed by atoms with van der Waals surface area (Å²) in [7, 11) is 0. The van der Waals surface area contributed by atoms with Gasteiger partial charge in [0.1, 0.15) is 0 Å². The van der Waals surface area contributed by atoms with Gasteiger partial charge in [-0.2, -0.15) is 0 Å². The molecule has 48 valence electrons. The summed E-state index contributed by atoms with van der Waals surface area (Å²) >= 11 is 0. The van der Waals surface area contributed by atoms with E-state index in [2.05, 4.69) is 0 Å². The van der Waals surface area contributed by atoms with E-state index in [1.165, 1.54) is 0 Å². The van der Waals surface area contributed by atoms with Crippen LogP contribution in [-0.2, 0) is 0 Å². The van der Waals surface area contributed by atoms with Crippen molar-refractivity contribution in [2.45, 2.75) is 32.1 Å². The normalized spacial score (nSPS) is 34.1. The predicted molar refractivity (Wildman–Crippen MR) is 28.0 cm³/mol. The summed E-state index contributed by atoms with van der Waals surface area (Å²) in [4.78, 5) is 0. The first-order chi connectivity index (χ1) is 3.67. The Bertz CT molecular complexity index is 86.5. The van der Waals surface area contributed by atoms with Gasteiger partial charge in [0.05, 0.1) is 0 Å². The molecule has 0 aromatic heterocycles. The first kappa shape index (κ1) is 5.99. The second-order valence-electron chi connectivity index (χ2n) is 2.40. The Morgan fingerprint density at radius 2 is 2.25 bits per heavy atom. The Morgan fingerprint density at radius 1 is 1.62 bits per heavy atom. The molecular weight excluding hydrogens is 110 g/mol. The van der Waals surface area contributed by atoms with Gasteiger partial charge in [-0.3, -0.25) is 0 Å². The van der Waals surface area contributed by atoms with Crippen molar-refractivity contribution in [1.29, 1.82) is 0 Å². The molecule has 1 aliphatic rings. The minimum absolute atomic E-state index is 0.117. The molecule has 1 atom stereocenters. The maximum Gasteiger partial charge on any atom is 0.250 e. The van der Waals surface area contributed by atoms with Crippen LogP contribution in [0.5, 0.6) is 0 Å². The maximum absolute atomic E-state index is 12.2. The smallest absolute Gasteiger partial charge is 0.207 e.